The highest BCUT2D eigenvalue weighted by Gasteiger charge is 2.43. The number of carbonyl (C=O) groups is 8. The summed E-state index contributed by atoms with van der Waals surface area (Å²) in [6.07, 6.45) is 44.7. The first-order valence-corrected chi connectivity index (χ1v) is 46.4. The molecule has 4 fully saturated rings. The number of benzene rings is 1. The zero-order valence-corrected chi connectivity index (χ0v) is 78.2. The molecule has 1 aromatic carbocycles. The fraction of sp³-hybridized carbons (Fsp3) is 0.529. The number of methoxy groups -OCH3 is 1. The zero-order chi connectivity index (χ0) is 95.7. The Balaban J connectivity index is 0.000000270. The number of rotatable bonds is 14. The predicted octanol–water partition coefficient (Wildman–Crippen LogP) is 14.4. The topological polar surface area (TPSA) is 492 Å². The van der Waals surface area contributed by atoms with Crippen molar-refractivity contribution in [2.24, 2.45) is 47.3 Å². The number of esters is 4. The Labute approximate surface area is 790 Å². The van der Waals surface area contributed by atoms with E-state index in [9.17, 15) is 58.8 Å². The van der Waals surface area contributed by atoms with Crippen LogP contribution in [0.2, 0.25) is 0 Å². The Morgan fingerprint density at radius 1 is 0.393 bits per heavy atom. The summed E-state index contributed by atoms with van der Waals surface area (Å²) in [5.74, 6) is -1.77. The number of aliphatic hydroxyl groups is 6. The fourth-order valence-electron chi connectivity index (χ4n) is 16.9. The van der Waals surface area contributed by atoms with Crippen LogP contribution in [0.1, 0.15) is 192 Å². The zero-order valence-electron chi connectivity index (χ0n) is 78.2. The molecule has 4 aliphatic carbocycles. The number of para-hydroxylation sites is 1. The lowest BCUT2D eigenvalue weighted by Gasteiger charge is -2.19. The van der Waals surface area contributed by atoms with E-state index in [0.717, 1.165) is 110 Å². The van der Waals surface area contributed by atoms with Crippen LogP contribution in [0.15, 0.2) is 201 Å². The van der Waals surface area contributed by atoms with Crippen LogP contribution in [0.4, 0.5) is 19.2 Å². The number of pyridine rings is 4. The maximum atomic E-state index is 12.4. The van der Waals surface area contributed by atoms with Crippen molar-refractivity contribution in [3.8, 4) is 5.88 Å². The number of cyclic esters (lactones) is 4. The molecule has 13 rings (SSSR count). The van der Waals surface area contributed by atoms with E-state index in [1.54, 1.807) is 75.3 Å². The second kappa shape index (κ2) is 62.2. The Kier molecular flexibility index (Phi) is 51.7. The molecule has 10 N–H and O–H groups in total. The van der Waals surface area contributed by atoms with Gasteiger partial charge in [-0.15, -0.1) is 0 Å². The first-order chi connectivity index (χ1) is 64.3. The lowest BCUT2D eigenvalue weighted by molar-refractivity contribution is -0.143. The number of ether oxygens (including phenoxy) is 13. The standard InChI is InChI=1S/C27H31NO6.C24H31NO7.C24H31NO6.C23H29NO6.2C2H6O.2H2O/c1-18-7-3-2-4-8-20-14-22(15-23(20)25(29)11-12-26(30)33-18)34-27(31)32-17-19-13-21-9-5-6-10-24(21)28-16-19;1-16-6-4-3-5-7-18-12-19(13-20(18)21(26)9-11-23(27)31-16)32-24(28)30-15-17-8-10-22(29-2)25-14-17;1-17-6-3-2-4-8-19-14-20(15-21(19)22(26)9-10-23(27)30-17)31-24(28)29-13-11-18-7-5-12-25-16-18;1-16-5-3-2-4-6-18-13-19(14-20(18)21(25)7-8-22(26)29-16)30-23(27)28-15-17-9-11-24-12-10-17;2*1-2-3;;/h4-6,8-13,16,18,20,22-23,25,29H,2-3,7,14-15,17H2,1H3;5,7-11,14,16,18-21,26H,3-4,6,12-13,15H2,1-2H3;4-5,7-10,12,16-17,19-22,26H,2-3,6,11,13-15H2,1H3;4,6-12,16,18-21,25H,2-3,5,13-15H2,1H3;2*3H,2H2,1H3;2*1H2/b8-4+,12-11+;7-5+,11-9+;8-4+,10-9+;6-4+,8-7+;;;;/t18-,20+,22-,23+,25+;16-,18+,19-,20+,21+;17-,19+,20-,21+,22+;16-,18+,19-,20+,21+;;;;/m0000..../s1. The molecule has 33 nitrogen and oxygen atoms in total. The molecule has 4 aromatic heterocycles. The van der Waals surface area contributed by atoms with Crippen molar-refractivity contribution >= 4 is 59.4 Å². The SMILES string of the molecule is CCO.CCO.COc1ccc(COC(=O)O[C@@H]2C[C@H]3[C@H](O)/C=C/C(=O)O[C@@H](C)CCC/C=C/[C@@H]3C2)cn1.C[C@H]1CCC/C=C/[C@@H]2C[C@H](OC(=O)OCCc3cccnc3)C[C@H]2[C@H](O)/C=C/C(=O)O1.C[C@H]1CCC/C=C/[C@@H]2C[C@H](OC(=O)OCc3ccncc3)C[C@H]2[C@H](O)/C=C/C(=O)O1.C[C@H]1CCC/C=C/[C@@H]2C[C@H](OC(=O)OCc3cnc4ccccc4c3)C[C@H]2[C@H](O)/C=C/C(=O)O1.O.O. The molecule has 0 unspecified atom stereocenters. The Bertz CT molecular complexity index is 4600. The molecular weight excluding hydrogens is 1750 g/mol. The van der Waals surface area contributed by atoms with Crippen LogP contribution in [-0.2, 0) is 102 Å². The molecule has 740 valence electrons. The molecule has 4 saturated carbocycles. The van der Waals surface area contributed by atoms with Gasteiger partial charge in [0.2, 0.25) is 5.88 Å². The number of aliphatic hydroxyl groups excluding tert-OH is 6. The van der Waals surface area contributed by atoms with Crippen molar-refractivity contribution in [3.05, 3.63) is 223 Å². The molecule has 8 heterocycles. The minimum atomic E-state index is -0.844. The number of nitrogens with zero attached hydrogens (tertiary/aromatic N) is 4. The minimum Gasteiger partial charge on any atom is -0.481 e. The Morgan fingerprint density at radius 2 is 0.748 bits per heavy atom. The molecule has 135 heavy (non-hydrogen) atoms. The van der Waals surface area contributed by atoms with Gasteiger partial charge in [0.1, 0.15) is 44.2 Å². The number of hydrogen-bond donors (Lipinski definition) is 6. The summed E-state index contributed by atoms with van der Waals surface area (Å²) in [6, 6.07) is 20.4. The molecule has 0 saturated heterocycles. The van der Waals surface area contributed by atoms with Crippen LogP contribution in [0.5, 0.6) is 5.88 Å². The minimum absolute atomic E-state index is 0. The smallest absolute Gasteiger partial charge is 0.481 e. The van der Waals surface area contributed by atoms with Crippen molar-refractivity contribution in [2.75, 3.05) is 26.9 Å². The molecule has 8 aliphatic rings. The summed E-state index contributed by atoms with van der Waals surface area (Å²) in [5, 5.41) is 58.7. The molecular formula is C102H138N4O29. The molecule has 0 spiro atoms. The van der Waals surface area contributed by atoms with Crippen LogP contribution in [-0.4, -0.2) is 210 Å². The number of carbonyl (C=O) groups excluding carboxylic acids is 8. The van der Waals surface area contributed by atoms with Gasteiger partial charge in [-0.2, -0.15) is 0 Å². The summed E-state index contributed by atoms with van der Waals surface area (Å²) in [6.45, 7) is 11.8. The van der Waals surface area contributed by atoms with Crippen LogP contribution in [0.25, 0.3) is 10.9 Å². The third kappa shape index (κ3) is 42.1. The quantitative estimate of drug-likeness (QED) is 0.0341. The van der Waals surface area contributed by atoms with Crippen LogP contribution in [0, 0.1) is 47.3 Å². The van der Waals surface area contributed by atoms with Crippen molar-refractivity contribution < 1.29 is 142 Å². The van der Waals surface area contributed by atoms with Crippen molar-refractivity contribution in [1.82, 2.24) is 19.9 Å². The van der Waals surface area contributed by atoms with E-state index >= 15 is 0 Å². The highest BCUT2D eigenvalue weighted by Crippen LogP contribution is 2.43. The van der Waals surface area contributed by atoms with Crippen LogP contribution < -0.4 is 4.74 Å². The number of hydrogen-bond acceptors (Lipinski definition) is 31. The number of fused-ring (bicyclic) bond motifs is 5. The molecule has 4 aliphatic heterocycles. The van der Waals surface area contributed by atoms with Gasteiger partial charge in [-0.3, -0.25) is 15.0 Å². The number of allylic oxidation sites excluding steroid dienone is 8. The second-order valence-corrected chi connectivity index (χ2v) is 34.0. The van der Waals surface area contributed by atoms with Crippen LogP contribution in [0.3, 0.4) is 0 Å². The summed E-state index contributed by atoms with van der Waals surface area (Å²) in [4.78, 5) is 113. The van der Waals surface area contributed by atoms with Gasteiger partial charge in [-0.05, 0) is 289 Å². The third-order valence-corrected chi connectivity index (χ3v) is 23.5. The summed E-state index contributed by atoms with van der Waals surface area (Å²) in [7, 11) is 1.53. The lowest BCUT2D eigenvalue weighted by Crippen LogP contribution is -2.22. The van der Waals surface area contributed by atoms with E-state index in [1.165, 1.54) is 55.7 Å². The summed E-state index contributed by atoms with van der Waals surface area (Å²) < 4.78 is 69.2. The third-order valence-electron chi connectivity index (χ3n) is 23.5. The van der Waals surface area contributed by atoms with Crippen molar-refractivity contribution in [3.63, 3.8) is 0 Å². The van der Waals surface area contributed by atoms with Crippen molar-refractivity contribution in [2.45, 2.75) is 269 Å². The predicted molar refractivity (Wildman–Crippen MR) is 498 cm³/mol. The average Bonchev–Trinajstić information content (AvgIpc) is 1.78. The monoisotopic (exact) mass is 1880 g/mol. The van der Waals surface area contributed by atoms with Gasteiger partial charge in [0.25, 0.3) is 0 Å². The molecule has 20 atom stereocenters. The highest BCUT2D eigenvalue weighted by molar-refractivity contribution is 5.84. The molecule has 33 heteroatoms. The van der Waals surface area contributed by atoms with Crippen molar-refractivity contribution in [1.29, 1.82) is 0 Å². The van der Waals surface area contributed by atoms with E-state index in [1.807, 2.05) is 70.2 Å². The second-order valence-electron chi connectivity index (χ2n) is 34.0. The van der Waals surface area contributed by atoms with Crippen LogP contribution >= 0.6 is 0 Å². The van der Waals surface area contributed by atoms with Gasteiger partial charge in [0.05, 0.1) is 68.1 Å². The first kappa shape index (κ1) is 112. The van der Waals surface area contributed by atoms with Gasteiger partial charge in [-0.25, -0.2) is 43.3 Å². The van der Waals surface area contributed by atoms with Gasteiger partial charge in [0, 0.05) is 104 Å². The fourth-order valence-corrected chi connectivity index (χ4v) is 16.9. The molecule has 0 bridgehead atoms. The maximum absolute atomic E-state index is 12.4. The molecule has 5 aromatic rings. The highest BCUT2D eigenvalue weighted by atomic mass is 16.7. The Hall–Kier alpha value is -11.6. The van der Waals surface area contributed by atoms with E-state index in [-0.39, 0.29) is 147 Å². The van der Waals surface area contributed by atoms with Gasteiger partial charge in [0.15, 0.2) is 0 Å². The van der Waals surface area contributed by atoms with Gasteiger partial charge in [-0.1, -0.05) is 72.9 Å². The first-order valence-electron chi connectivity index (χ1n) is 46.4. The summed E-state index contributed by atoms with van der Waals surface area (Å²) in [5.41, 5.74) is 4.19. The van der Waals surface area contributed by atoms with E-state index in [0.29, 0.717) is 63.7 Å². The summed E-state index contributed by atoms with van der Waals surface area (Å²) >= 11 is 0. The maximum Gasteiger partial charge on any atom is 0.508 e. The molecule has 0 radical (unpaired) electrons. The van der Waals surface area contributed by atoms with Gasteiger partial charge >= 0.3 is 48.5 Å². The average molecular weight is 1880 g/mol. The normalized spacial score (nSPS) is 29.2. The number of aromatic nitrogens is 4. The van der Waals surface area contributed by atoms with Gasteiger partial charge < -0.3 is 103 Å². The molecule has 0 amide bonds. The van der Waals surface area contributed by atoms with E-state index < -0.39 is 72.9 Å². The van der Waals surface area contributed by atoms with E-state index in [2.05, 4.69) is 68.5 Å². The van der Waals surface area contributed by atoms with E-state index in [4.69, 9.17) is 71.8 Å². The lowest BCUT2D eigenvalue weighted by atomic mass is 9.90. The largest absolute Gasteiger partial charge is 0.508 e. The Morgan fingerprint density at radius 3 is 1.10 bits per heavy atom.